The fourth-order valence-electron chi connectivity index (χ4n) is 4.93. The summed E-state index contributed by atoms with van der Waals surface area (Å²) in [6.07, 6.45) is 7.29. The zero-order chi connectivity index (χ0) is 24.5. The van der Waals surface area contributed by atoms with E-state index in [1.54, 1.807) is 28.7 Å². The molecule has 1 fully saturated rings. The molecule has 1 aliphatic heterocycles. The van der Waals surface area contributed by atoms with E-state index >= 15 is 0 Å². The molecule has 3 atom stereocenters. The number of rotatable bonds is 6. The maximum Gasteiger partial charge on any atom is 0.258 e. The largest absolute Gasteiger partial charge is 0.489 e. The molecule has 186 valence electrons. The SMILES string of the molecule is CC(O)CN[C@@H]1CCCC[C@@H](Oc2cc(F)ccc2C(=O)N2Cc3nn4cc(Cl)cnc4c3C2)C1. The molecule has 1 aromatic carbocycles. The molecule has 10 heteroatoms. The molecule has 8 nitrogen and oxygen atoms in total. The monoisotopic (exact) mass is 501 g/mol. The van der Waals surface area contributed by atoms with Crippen LogP contribution in [0.1, 0.15) is 60.6 Å². The fraction of sp³-hybridized carbons (Fsp3) is 0.480. The molecule has 0 radical (unpaired) electrons. The van der Waals surface area contributed by atoms with Crippen LogP contribution in [0, 0.1) is 5.82 Å². The number of aliphatic hydroxyl groups is 1. The number of fused-ring (bicyclic) bond motifs is 3. The number of ether oxygens (including phenoxy) is 1. The van der Waals surface area contributed by atoms with Gasteiger partial charge in [-0.05, 0) is 44.7 Å². The van der Waals surface area contributed by atoms with Gasteiger partial charge in [-0.2, -0.15) is 5.10 Å². The molecule has 35 heavy (non-hydrogen) atoms. The van der Waals surface area contributed by atoms with Crippen LogP contribution in [0.25, 0.3) is 5.65 Å². The van der Waals surface area contributed by atoms with Crippen molar-refractivity contribution in [2.45, 2.75) is 70.4 Å². The van der Waals surface area contributed by atoms with Gasteiger partial charge in [0, 0.05) is 30.4 Å². The molecule has 0 saturated heterocycles. The highest BCUT2D eigenvalue weighted by Gasteiger charge is 2.31. The third-order valence-corrected chi connectivity index (χ3v) is 6.84. The highest BCUT2D eigenvalue weighted by molar-refractivity contribution is 6.30. The summed E-state index contributed by atoms with van der Waals surface area (Å²) < 4.78 is 22.1. The highest BCUT2D eigenvalue weighted by Crippen LogP contribution is 2.31. The average molecular weight is 502 g/mol. The van der Waals surface area contributed by atoms with Gasteiger partial charge in [-0.25, -0.2) is 13.9 Å². The third-order valence-electron chi connectivity index (χ3n) is 6.64. The number of carbonyl (C=O) groups excluding carboxylic acids is 1. The smallest absolute Gasteiger partial charge is 0.258 e. The minimum Gasteiger partial charge on any atom is -0.489 e. The first kappa shape index (κ1) is 24.0. The number of amides is 1. The number of aliphatic hydroxyl groups excluding tert-OH is 1. The van der Waals surface area contributed by atoms with E-state index in [0.717, 1.165) is 43.4 Å². The predicted molar refractivity (Wildman–Crippen MR) is 129 cm³/mol. The van der Waals surface area contributed by atoms with Crippen molar-refractivity contribution < 1.29 is 19.0 Å². The topological polar surface area (TPSA) is 92.0 Å². The first-order valence-electron chi connectivity index (χ1n) is 12.1. The molecule has 2 aromatic heterocycles. The van der Waals surface area contributed by atoms with Crippen LogP contribution in [0.3, 0.4) is 0 Å². The van der Waals surface area contributed by atoms with Crippen molar-refractivity contribution >= 4 is 23.2 Å². The number of benzene rings is 1. The van der Waals surface area contributed by atoms with E-state index in [2.05, 4.69) is 15.4 Å². The van der Waals surface area contributed by atoms with Crippen molar-refractivity contribution in [3.05, 3.63) is 58.3 Å². The number of halogens is 2. The van der Waals surface area contributed by atoms with Gasteiger partial charge in [-0.15, -0.1) is 0 Å². The summed E-state index contributed by atoms with van der Waals surface area (Å²) in [5, 5.41) is 18.0. The van der Waals surface area contributed by atoms with Gasteiger partial charge in [0.15, 0.2) is 5.65 Å². The number of nitrogens with one attached hydrogen (secondary N) is 1. The molecular formula is C25H29ClFN5O3. The molecular weight excluding hydrogens is 473 g/mol. The number of hydrogen-bond acceptors (Lipinski definition) is 6. The molecule has 2 aliphatic rings. The Morgan fingerprint density at radius 3 is 3.00 bits per heavy atom. The van der Waals surface area contributed by atoms with Gasteiger partial charge < -0.3 is 20.1 Å². The van der Waals surface area contributed by atoms with Crippen LogP contribution in [0.4, 0.5) is 4.39 Å². The third kappa shape index (κ3) is 5.27. The molecule has 0 spiro atoms. The second kappa shape index (κ2) is 10.1. The lowest BCUT2D eigenvalue weighted by Gasteiger charge is -2.25. The standard InChI is InChI=1S/C25H29ClFN5O3/c1-15(33)10-28-18-4-2-3-5-19(9-18)35-23-8-17(27)6-7-20(23)25(34)31-13-21-22(14-31)30-32-12-16(26)11-29-24(21)32/h6-8,11-12,15,18-19,28,33H,2-5,9-10,13-14H2,1H3/t15?,18-,19-/m1/s1. The van der Waals surface area contributed by atoms with Crippen molar-refractivity contribution in [3.63, 3.8) is 0 Å². The van der Waals surface area contributed by atoms with Crippen LogP contribution in [0.2, 0.25) is 5.02 Å². The molecule has 0 bridgehead atoms. The van der Waals surface area contributed by atoms with Crippen LogP contribution in [0.15, 0.2) is 30.6 Å². The summed E-state index contributed by atoms with van der Waals surface area (Å²) >= 11 is 6.01. The minimum absolute atomic E-state index is 0.147. The molecule has 2 N–H and O–H groups in total. The summed E-state index contributed by atoms with van der Waals surface area (Å²) in [5.74, 6) is -0.417. The van der Waals surface area contributed by atoms with E-state index in [9.17, 15) is 14.3 Å². The van der Waals surface area contributed by atoms with Gasteiger partial charge in [0.25, 0.3) is 5.91 Å². The van der Waals surface area contributed by atoms with Crippen molar-refractivity contribution in [2.24, 2.45) is 0 Å². The van der Waals surface area contributed by atoms with Crippen LogP contribution in [-0.2, 0) is 13.1 Å². The molecule has 1 amide bonds. The van der Waals surface area contributed by atoms with Crippen molar-refractivity contribution in [1.29, 1.82) is 0 Å². The fourth-order valence-corrected chi connectivity index (χ4v) is 5.07. The summed E-state index contributed by atoms with van der Waals surface area (Å²) in [5.41, 5.74) is 2.66. The molecule has 1 saturated carbocycles. The van der Waals surface area contributed by atoms with E-state index in [4.69, 9.17) is 16.3 Å². The van der Waals surface area contributed by atoms with Crippen LogP contribution < -0.4 is 10.1 Å². The number of aromatic nitrogens is 3. The second-order valence-corrected chi connectivity index (χ2v) is 9.92. The number of nitrogens with zero attached hydrogens (tertiary/aromatic N) is 4. The first-order valence-corrected chi connectivity index (χ1v) is 12.4. The lowest BCUT2D eigenvalue weighted by Crippen LogP contribution is -2.37. The molecule has 3 aromatic rings. The summed E-state index contributed by atoms with van der Waals surface area (Å²) in [4.78, 5) is 19.5. The summed E-state index contributed by atoms with van der Waals surface area (Å²) in [6.45, 7) is 2.96. The average Bonchev–Trinajstić information content (AvgIpc) is 3.28. The molecule has 1 unspecified atom stereocenters. The van der Waals surface area contributed by atoms with Gasteiger partial charge in [0.05, 0.1) is 41.7 Å². The zero-order valence-corrected chi connectivity index (χ0v) is 20.3. The number of hydrogen-bond donors (Lipinski definition) is 2. The van der Waals surface area contributed by atoms with E-state index in [0.29, 0.717) is 35.9 Å². The van der Waals surface area contributed by atoms with Crippen molar-refractivity contribution in [1.82, 2.24) is 24.8 Å². The maximum atomic E-state index is 14.2. The lowest BCUT2D eigenvalue weighted by molar-refractivity contribution is 0.0740. The highest BCUT2D eigenvalue weighted by atomic mass is 35.5. The van der Waals surface area contributed by atoms with Gasteiger partial charge in [0.1, 0.15) is 17.7 Å². The lowest BCUT2D eigenvalue weighted by atomic mass is 10.1. The Balaban J connectivity index is 1.33. The van der Waals surface area contributed by atoms with Crippen molar-refractivity contribution in [3.8, 4) is 5.75 Å². The van der Waals surface area contributed by atoms with Gasteiger partial charge in [-0.1, -0.05) is 18.0 Å². The predicted octanol–water partition coefficient (Wildman–Crippen LogP) is 3.73. The Kier molecular flexibility index (Phi) is 6.91. The zero-order valence-electron chi connectivity index (χ0n) is 19.6. The van der Waals surface area contributed by atoms with Gasteiger partial charge in [0.2, 0.25) is 0 Å². The number of carbonyl (C=O) groups is 1. The Labute approximate surface area is 208 Å². The van der Waals surface area contributed by atoms with E-state index < -0.39 is 11.9 Å². The first-order chi connectivity index (χ1) is 16.9. The maximum absolute atomic E-state index is 14.2. The quantitative estimate of drug-likeness (QED) is 0.500. The normalized spacial score (nSPS) is 21.1. The van der Waals surface area contributed by atoms with Crippen LogP contribution in [0.5, 0.6) is 5.75 Å². The minimum atomic E-state index is -0.447. The van der Waals surface area contributed by atoms with E-state index in [1.165, 1.54) is 18.2 Å². The van der Waals surface area contributed by atoms with Gasteiger partial charge in [-0.3, -0.25) is 4.79 Å². The molecule has 5 rings (SSSR count). The van der Waals surface area contributed by atoms with Crippen LogP contribution in [-0.4, -0.2) is 55.3 Å². The molecule has 1 aliphatic carbocycles. The Morgan fingerprint density at radius 2 is 2.17 bits per heavy atom. The Morgan fingerprint density at radius 1 is 1.34 bits per heavy atom. The second-order valence-electron chi connectivity index (χ2n) is 9.48. The Hall–Kier alpha value is -2.75. The van der Waals surface area contributed by atoms with E-state index in [-0.39, 0.29) is 23.8 Å². The molecule has 3 heterocycles. The summed E-state index contributed by atoms with van der Waals surface area (Å²) in [7, 11) is 0. The van der Waals surface area contributed by atoms with Gasteiger partial charge >= 0.3 is 0 Å². The Bertz CT molecular complexity index is 1230. The summed E-state index contributed by atoms with van der Waals surface area (Å²) in [6, 6.07) is 4.29. The van der Waals surface area contributed by atoms with E-state index in [1.807, 2.05) is 0 Å². The van der Waals surface area contributed by atoms with Crippen molar-refractivity contribution in [2.75, 3.05) is 6.54 Å². The van der Waals surface area contributed by atoms with Crippen LogP contribution >= 0.6 is 11.6 Å².